The average molecular weight is 518 g/mol. The smallest absolute Gasteiger partial charge is 0.317 e. The van der Waals surface area contributed by atoms with Gasteiger partial charge in [0.15, 0.2) is 5.82 Å². The minimum absolute atomic E-state index is 0.0285. The molecular formula is C29H32FN5O3. The van der Waals surface area contributed by atoms with E-state index in [2.05, 4.69) is 27.2 Å². The van der Waals surface area contributed by atoms with E-state index in [0.29, 0.717) is 36.2 Å². The standard InChI is InChI=1S/C29H32FN5O3/c1-35-11-5-7-18(35)16-38-29-33-26(22-14-31-10-4-9-24(22)37)23-15-32-27(25(30)28(23)34-29)21-13-19(36)12-17-6-2-3-8-20(17)21/h2-3,6,8,12-13,15,18,22,24,31,36-37H,4-5,7,9-11,14,16H2,1H3/t18-,22?,24?/m0/s1. The number of hydrogen-bond donors (Lipinski definition) is 3. The molecule has 0 aliphatic carbocycles. The van der Waals surface area contributed by atoms with Gasteiger partial charge in [-0.2, -0.15) is 9.97 Å². The zero-order valence-electron chi connectivity index (χ0n) is 21.4. The number of phenolic OH excluding ortho intramolecular Hbond substituents is 1. The summed E-state index contributed by atoms with van der Waals surface area (Å²) in [4.78, 5) is 16.0. The van der Waals surface area contributed by atoms with Crippen molar-refractivity contribution in [1.82, 2.24) is 25.2 Å². The van der Waals surface area contributed by atoms with Crippen LogP contribution in [0.3, 0.4) is 0 Å². The lowest BCUT2D eigenvalue weighted by molar-refractivity contribution is 0.138. The number of aromatic hydroxyl groups is 1. The number of fused-ring (bicyclic) bond motifs is 2. The number of aliphatic hydroxyl groups excluding tert-OH is 1. The van der Waals surface area contributed by atoms with Crippen LogP contribution in [0, 0.1) is 5.82 Å². The Hall–Kier alpha value is -3.40. The summed E-state index contributed by atoms with van der Waals surface area (Å²) in [5.41, 5.74) is 1.20. The number of rotatable bonds is 5. The first-order chi connectivity index (χ1) is 18.5. The molecule has 2 aromatic carbocycles. The summed E-state index contributed by atoms with van der Waals surface area (Å²) in [6, 6.07) is 11.0. The first kappa shape index (κ1) is 24.9. The van der Waals surface area contributed by atoms with Gasteiger partial charge in [0.25, 0.3) is 0 Å². The van der Waals surface area contributed by atoms with Crippen LogP contribution in [0.1, 0.15) is 37.3 Å². The highest BCUT2D eigenvalue weighted by Gasteiger charge is 2.30. The van der Waals surface area contributed by atoms with Gasteiger partial charge in [0.05, 0.1) is 11.8 Å². The number of likely N-dealkylation sites (N-methyl/N-ethyl adjacent to an activating group) is 1. The Bertz CT molecular complexity index is 1480. The van der Waals surface area contributed by atoms with Crippen LogP contribution in [0.4, 0.5) is 4.39 Å². The lowest BCUT2D eigenvalue weighted by Gasteiger charge is -2.23. The van der Waals surface area contributed by atoms with Crippen molar-refractivity contribution in [2.24, 2.45) is 0 Å². The minimum Gasteiger partial charge on any atom is -0.508 e. The van der Waals surface area contributed by atoms with Crippen LogP contribution < -0.4 is 10.1 Å². The van der Waals surface area contributed by atoms with E-state index in [4.69, 9.17) is 9.72 Å². The molecule has 2 aromatic heterocycles. The molecule has 2 unspecified atom stereocenters. The first-order valence-corrected chi connectivity index (χ1v) is 13.3. The maximum atomic E-state index is 16.3. The molecule has 0 saturated carbocycles. The number of likely N-dealkylation sites (tertiary alicyclic amines) is 1. The summed E-state index contributed by atoms with van der Waals surface area (Å²) >= 11 is 0. The summed E-state index contributed by atoms with van der Waals surface area (Å²) in [5.74, 6) is -0.935. The van der Waals surface area contributed by atoms with E-state index in [0.717, 1.165) is 43.1 Å². The van der Waals surface area contributed by atoms with Gasteiger partial charge in [-0.1, -0.05) is 24.3 Å². The van der Waals surface area contributed by atoms with E-state index in [9.17, 15) is 10.2 Å². The zero-order valence-corrected chi connectivity index (χ0v) is 21.4. The number of benzene rings is 2. The molecule has 8 nitrogen and oxygen atoms in total. The maximum absolute atomic E-state index is 16.3. The largest absolute Gasteiger partial charge is 0.508 e. The Labute approximate surface area is 220 Å². The summed E-state index contributed by atoms with van der Waals surface area (Å²) < 4.78 is 22.4. The van der Waals surface area contributed by atoms with Crippen molar-refractivity contribution in [2.45, 2.75) is 43.7 Å². The third kappa shape index (κ3) is 4.66. The fourth-order valence-corrected chi connectivity index (χ4v) is 5.75. The van der Waals surface area contributed by atoms with Crippen LogP contribution in [0.2, 0.25) is 0 Å². The van der Waals surface area contributed by atoms with Gasteiger partial charge in [0, 0.05) is 35.7 Å². The number of halogens is 1. The number of ether oxygens (including phenoxy) is 1. The Balaban J connectivity index is 1.50. The van der Waals surface area contributed by atoms with E-state index in [1.165, 1.54) is 6.07 Å². The predicted molar refractivity (Wildman–Crippen MR) is 144 cm³/mol. The number of nitrogens with one attached hydrogen (secondary N) is 1. The molecule has 2 saturated heterocycles. The third-order valence-electron chi connectivity index (χ3n) is 7.90. The van der Waals surface area contributed by atoms with Gasteiger partial charge in [-0.15, -0.1) is 0 Å². The van der Waals surface area contributed by atoms with Gasteiger partial charge in [-0.05, 0) is 68.7 Å². The van der Waals surface area contributed by atoms with Crippen molar-refractivity contribution in [3.05, 3.63) is 54.1 Å². The third-order valence-corrected chi connectivity index (χ3v) is 7.90. The predicted octanol–water partition coefficient (Wildman–Crippen LogP) is 3.99. The molecule has 3 N–H and O–H groups in total. The summed E-state index contributed by atoms with van der Waals surface area (Å²) in [6.45, 7) is 2.73. The molecule has 0 amide bonds. The normalized spacial score (nSPS) is 22.7. The van der Waals surface area contributed by atoms with Crippen LogP contribution in [-0.4, -0.2) is 75.5 Å². The molecule has 38 heavy (non-hydrogen) atoms. The molecule has 0 radical (unpaired) electrons. The second kappa shape index (κ2) is 10.4. The topological polar surface area (TPSA) is 104 Å². The van der Waals surface area contributed by atoms with Crippen LogP contribution in [0.15, 0.2) is 42.6 Å². The molecular weight excluding hydrogens is 485 g/mol. The number of aliphatic hydroxyl groups is 1. The van der Waals surface area contributed by atoms with E-state index >= 15 is 4.39 Å². The van der Waals surface area contributed by atoms with Crippen LogP contribution in [0.5, 0.6) is 11.8 Å². The lowest BCUT2D eigenvalue weighted by atomic mass is 9.93. The molecule has 0 bridgehead atoms. The van der Waals surface area contributed by atoms with Crippen molar-refractivity contribution in [1.29, 1.82) is 0 Å². The van der Waals surface area contributed by atoms with Crippen molar-refractivity contribution in [3.63, 3.8) is 0 Å². The second-order valence-corrected chi connectivity index (χ2v) is 10.4. The molecule has 2 aliphatic heterocycles. The highest BCUT2D eigenvalue weighted by Crippen LogP contribution is 2.37. The number of pyridine rings is 1. The number of phenols is 1. The molecule has 4 heterocycles. The molecule has 6 rings (SSSR count). The highest BCUT2D eigenvalue weighted by molar-refractivity contribution is 5.98. The molecule has 0 spiro atoms. The summed E-state index contributed by atoms with van der Waals surface area (Å²) in [6.07, 6.45) is 4.54. The quantitative estimate of drug-likeness (QED) is 0.365. The maximum Gasteiger partial charge on any atom is 0.317 e. The minimum atomic E-state index is -0.630. The van der Waals surface area contributed by atoms with Crippen molar-refractivity contribution in [3.8, 4) is 23.0 Å². The molecule has 2 aliphatic rings. The fourth-order valence-electron chi connectivity index (χ4n) is 5.75. The Morgan fingerprint density at radius 3 is 2.84 bits per heavy atom. The SMILES string of the molecule is CN1CCC[C@H]1COc1nc(C2CNCCCC2O)c2cnc(-c3cc(O)cc4ccccc34)c(F)c2n1. The van der Waals surface area contributed by atoms with Gasteiger partial charge in [-0.3, -0.25) is 4.98 Å². The molecule has 198 valence electrons. The van der Waals surface area contributed by atoms with Gasteiger partial charge in [0.1, 0.15) is 23.6 Å². The zero-order chi connectivity index (χ0) is 26.2. The Morgan fingerprint density at radius 1 is 1.13 bits per heavy atom. The van der Waals surface area contributed by atoms with Gasteiger partial charge < -0.3 is 25.2 Å². The summed E-state index contributed by atoms with van der Waals surface area (Å²) in [5, 5.41) is 26.7. The second-order valence-electron chi connectivity index (χ2n) is 10.4. The van der Waals surface area contributed by atoms with Gasteiger partial charge in [0.2, 0.25) is 0 Å². The fraction of sp³-hybridized carbons (Fsp3) is 0.414. The van der Waals surface area contributed by atoms with Crippen molar-refractivity contribution >= 4 is 21.7 Å². The summed E-state index contributed by atoms with van der Waals surface area (Å²) in [7, 11) is 2.07. The van der Waals surface area contributed by atoms with Crippen LogP contribution >= 0.6 is 0 Å². The van der Waals surface area contributed by atoms with Crippen LogP contribution in [0.25, 0.3) is 32.9 Å². The monoisotopic (exact) mass is 517 g/mol. The van der Waals surface area contributed by atoms with E-state index in [1.807, 2.05) is 24.3 Å². The lowest BCUT2D eigenvalue weighted by Crippen LogP contribution is -2.31. The van der Waals surface area contributed by atoms with E-state index in [-0.39, 0.29) is 34.9 Å². The van der Waals surface area contributed by atoms with E-state index in [1.54, 1.807) is 12.3 Å². The Morgan fingerprint density at radius 2 is 2.00 bits per heavy atom. The molecule has 3 atom stereocenters. The van der Waals surface area contributed by atoms with Crippen molar-refractivity contribution in [2.75, 3.05) is 33.3 Å². The van der Waals surface area contributed by atoms with E-state index < -0.39 is 11.9 Å². The number of hydrogen-bond acceptors (Lipinski definition) is 8. The number of aromatic nitrogens is 3. The number of nitrogens with zero attached hydrogens (tertiary/aromatic N) is 4. The molecule has 2 fully saturated rings. The van der Waals surface area contributed by atoms with Gasteiger partial charge in [-0.25, -0.2) is 4.39 Å². The van der Waals surface area contributed by atoms with Gasteiger partial charge >= 0.3 is 6.01 Å². The highest BCUT2D eigenvalue weighted by atomic mass is 19.1. The Kier molecular flexibility index (Phi) is 6.82. The molecule has 9 heteroatoms. The molecule has 4 aromatic rings. The first-order valence-electron chi connectivity index (χ1n) is 13.3. The van der Waals surface area contributed by atoms with Crippen LogP contribution in [-0.2, 0) is 0 Å². The average Bonchev–Trinajstić information content (AvgIpc) is 3.21. The van der Waals surface area contributed by atoms with Crippen molar-refractivity contribution < 1.29 is 19.3 Å².